The fraction of sp³-hybridized carbons (Fsp3) is 0.143. The normalized spacial score (nSPS) is 13.6. The predicted molar refractivity (Wildman–Crippen MR) is 85.1 cm³/mol. The van der Waals surface area contributed by atoms with Gasteiger partial charge in [-0.15, -0.1) is 0 Å². The van der Waals surface area contributed by atoms with Gasteiger partial charge in [0.1, 0.15) is 5.75 Å². The van der Waals surface area contributed by atoms with Crippen LogP contribution in [0.1, 0.15) is 0 Å². The molecule has 0 aliphatic heterocycles. The second-order valence-electron chi connectivity index (χ2n) is 4.24. The van der Waals surface area contributed by atoms with E-state index >= 15 is 0 Å². The highest BCUT2D eigenvalue weighted by Crippen LogP contribution is 2.39. The molecule has 4 nitrogen and oxygen atoms in total. The molecule has 2 aromatic rings. The van der Waals surface area contributed by atoms with Gasteiger partial charge in [-0.05, 0) is 42.5 Å². The molecule has 1 atom stereocenters. The van der Waals surface area contributed by atoms with Crippen molar-refractivity contribution in [1.82, 2.24) is 0 Å². The van der Waals surface area contributed by atoms with E-state index in [9.17, 15) is 9.46 Å². The van der Waals surface area contributed by atoms with Gasteiger partial charge < -0.3 is 14.9 Å². The standard InChI is InChI=1S/C14H15BrNO3P/c1-19-13-3-2-4-14(9-13)20(17,18)10-16-12-7-5-11(15)6-8-12/h2-9,16H,10H2,1H3,(H,17,18). The lowest BCUT2D eigenvalue weighted by atomic mass is 10.3. The van der Waals surface area contributed by atoms with Crippen molar-refractivity contribution in [2.75, 3.05) is 18.7 Å². The van der Waals surface area contributed by atoms with Crippen molar-refractivity contribution in [1.29, 1.82) is 0 Å². The quantitative estimate of drug-likeness (QED) is 0.806. The molecule has 0 saturated heterocycles. The van der Waals surface area contributed by atoms with Crippen molar-refractivity contribution in [3.05, 3.63) is 53.0 Å². The summed E-state index contributed by atoms with van der Waals surface area (Å²) in [5, 5.41) is 3.35. The molecule has 0 bridgehead atoms. The van der Waals surface area contributed by atoms with Crippen LogP contribution in [0.4, 0.5) is 5.69 Å². The maximum absolute atomic E-state index is 12.4. The third-order valence-corrected chi connectivity index (χ3v) is 5.00. The first-order valence-corrected chi connectivity index (χ1v) is 8.61. The van der Waals surface area contributed by atoms with Gasteiger partial charge in [0, 0.05) is 15.5 Å². The molecule has 0 radical (unpaired) electrons. The first-order chi connectivity index (χ1) is 9.51. The van der Waals surface area contributed by atoms with Crippen LogP contribution in [0.25, 0.3) is 0 Å². The molecule has 6 heteroatoms. The third kappa shape index (κ3) is 3.85. The second-order valence-corrected chi connectivity index (χ2v) is 7.40. The molecule has 0 heterocycles. The first-order valence-electron chi connectivity index (χ1n) is 5.97. The minimum atomic E-state index is -3.47. The molecule has 0 aliphatic carbocycles. The highest BCUT2D eigenvalue weighted by molar-refractivity contribution is 9.10. The third-order valence-electron chi connectivity index (χ3n) is 2.80. The maximum Gasteiger partial charge on any atom is 0.248 e. The van der Waals surface area contributed by atoms with Gasteiger partial charge in [-0.25, -0.2) is 0 Å². The summed E-state index contributed by atoms with van der Waals surface area (Å²) in [6.07, 6.45) is -0.0260. The van der Waals surface area contributed by atoms with Gasteiger partial charge in [0.25, 0.3) is 0 Å². The number of benzene rings is 2. The zero-order valence-electron chi connectivity index (χ0n) is 10.9. The summed E-state index contributed by atoms with van der Waals surface area (Å²) < 4.78 is 18.4. The van der Waals surface area contributed by atoms with E-state index in [1.165, 1.54) is 7.11 Å². The molecule has 0 amide bonds. The van der Waals surface area contributed by atoms with Crippen LogP contribution < -0.4 is 15.4 Å². The Kier molecular flexibility index (Phi) is 4.86. The summed E-state index contributed by atoms with van der Waals surface area (Å²) in [6.45, 7) is 0. The number of hydrogen-bond acceptors (Lipinski definition) is 3. The van der Waals surface area contributed by atoms with Crippen molar-refractivity contribution in [3.8, 4) is 5.75 Å². The molecular weight excluding hydrogens is 341 g/mol. The first kappa shape index (κ1) is 15.1. The molecule has 0 aromatic heterocycles. The van der Waals surface area contributed by atoms with Crippen LogP contribution in [-0.4, -0.2) is 18.3 Å². The monoisotopic (exact) mass is 355 g/mol. The summed E-state index contributed by atoms with van der Waals surface area (Å²) in [5.74, 6) is 0.570. The van der Waals surface area contributed by atoms with Crippen molar-refractivity contribution >= 4 is 34.3 Å². The molecule has 2 rings (SSSR count). The van der Waals surface area contributed by atoms with E-state index in [1.807, 2.05) is 24.3 Å². The Morgan fingerprint density at radius 2 is 1.95 bits per heavy atom. The lowest BCUT2D eigenvalue weighted by Crippen LogP contribution is -2.12. The number of nitrogens with one attached hydrogen (secondary N) is 1. The van der Waals surface area contributed by atoms with Crippen LogP contribution in [0.2, 0.25) is 0 Å². The maximum atomic E-state index is 12.4. The zero-order chi connectivity index (χ0) is 14.6. The lowest BCUT2D eigenvalue weighted by Gasteiger charge is -2.14. The number of halogens is 1. The van der Waals surface area contributed by atoms with Crippen LogP contribution in [0, 0.1) is 0 Å². The molecule has 0 saturated carbocycles. The van der Waals surface area contributed by atoms with E-state index in [2.05, 4.69) is 21.2 Å². The predicted octanol–water partition coefficient (Wildman–Crippen LogP) is 3.42. The fourth-order valence-electron chi connectivity index (χ4n) is 1.69. The Balaban J connectivity index is 2.10. The van der Waals surface area contributed by atoms with Crippen LogP contribution >= 0.6 is 23.3 Å². The van der Waals surface area contributed by atoms with Gasteiger partial charge in [0.2, 0.25) is 7.37 Å². The number of ether oxygens (including phenoxy) is 1. The summed E-state index contributed by atoms with van der Waals surface area (Å²) in [7, 11) is -1.94. The molecular formula is C14H15BrNO3P. The number of rotatable bonds is 5. The summed E-state index contributed by atoms with van der Waals surface area (Å²) in [4.78, 5) is 10.1. The molecule has 2 N–H and O–H groups in total. The molecule has 106 valence electrons. The van der Waals surface area contributed by atoms with Crippen LogP contribution in [0.5, 0.6) is 5.75 Å². The largest absolute Gasteiger partial charge is 0.497 e. The van der Waals surface area contributed by atoms with Gasteiger partial charge in [0.05, 0.1) is 13.4 Å². The SMILES string of the molecule is COc1cccc(P(=O)(O)CNc2ccc(Br)cc2)c1. The van der Waals surface area contributed by atoms with Gasteiger partial charge in [-0.2, -0.15) is 0 Å². The van der Waals surface area contributed by atoms with E-state index < -0.39 is 7.37 Å². The number of methoxy groups -OCH3 is 1. The summed E-state index contributed by atoms with van der Waals surface area (Å²) in [5.41, 5.74) is 0.797. The molecule has 0 spiro atoms. The summed E-state index contributed by atoms with van der Waals surface area (Å²) >= 11 is 3.34. The van der Waals surface area contributed by atoms with Crippen LogP contribution in [0.3, 0.4) is 0 Å². The topological polar surface area (TPSA) is 58.6 Å². The van der Waals surface area contributed by atoms with Gasteiger partial charge in [-0.1, -0.05) is 22.0 Å². The molecule has 2 aromatic carbocycles. The van der Waals surface area contributed by atoms with Crippen LogP contribution in [-0.2, 0) is 4.57 Å². The van der Waals surface area contributed by atoms with Crippen molar-refractivity contribution in [3.63, 3.8) is 0 Å². The van der Waals surface area contributed by atoms with Crippen molar-refractivity contribution in [2.45, 2.75) is 0 Å². The smallest absolute Gasteiger partial charge is 0.248 e. The Morgan fingerprint density at radius 1 is 1.25 bits per heavy atom. The molecule has 0 aliphatic rings. The molecule has 1 unspecified atom stereocenters. The highest BCUT2D eigenvalue weighted by Gasteiger charge is 2.21. The molecule has 20 heavy (non-hydrogen) atoms. The Morgan fingerprint density at radius 3 is 2.60 bits per heavy atom. The number of anilines is 1. The van der Waals surface area contributed by atoms with E-state index in [0.29, 0.717) is 11.1 Å². The molecule has 0 fully saturated rings. The van der Waals surface area contributed by atoms with E-state index in [-0.39, 0.29) is 6.29 Å². The van der Waals surface area contributed by atoms with Crippen molar-refractivity contribution < 1.29 is 14.2 Å². The Bertz CT molecular complexity index is 631. The summed E-state index contributed by atoms with van der Waals surface area (Å²) in [6, 6.07) is 14.1. The number of hydrogen-bond donors (Lipinski definition) is 2. The minimum Gasteiger partial charge on any atom is -0.497 e. The zero-order valence-corrected chi connectivity index (χ0v) is 13.4. The average molecular weight is 356 g/mol. The Hall–Kier alpha value is -1.29. The minimum absolute atomic E-state index is 0.0260. The van der Waals surface area contributed by atoms with Gasteiger partial charge >= 0.3 is 0 Å². The second kappa shape index (κ2) is 6.44. The van der Waals surface area contributed by atoms with E-state index in [1.54, 1.807) is 24.3 Å². The van der Waals surface area contributed by atoms with Crippen molar-refractivity contribution in [2.24, 2.45) is 0 Å². The van der Waals surface area contributed by atoms with Gasteiger partial charge in [0.15, 0.2) is 0 Å². The van der Waals surface area contributed by atoms with E-state index in [4.69, 9.17) is 4.74 Å². The van der Waals surface area contributed by atoms with E-state index in [0.717, 1.165) is 10.2 Å². The Labute approximate surface area is 126 Å². The highest BCUT2D eigenvalue weighted by atomic mass is 79.9. The lowest BCUT2D eigenvalue weighted by molar-refractivity contribution is 0.415. The average Bonchev–Trinajstić information content (AvgIpc) is 2.47. The van der Waals surface area contributed by atoms with Gasteiger partial charge in [-0.3, -0.25) is 4.57 Å². The van der Waals surface area contributed by atoms with Crippen LogP contribution in [0.15, 0.2) is 53.0 Å². The fourth-order valence-corrected chi connectivity index (χ4v) is 3.18.